The minimum absolute atomic E-state index is 0.673. The Morgan fingerprint density at radius 3 is 2.53 bits per heavy atom. The van der Waals surface area contributed by atoms with Crippen LogP contribution in [0.4, 0.5) is 0 Å². The number of rotatable bonds is 8. The summed E-state index contributed by atoms with van der Waals surface area (Å²) in [5.41, 5.74) is 0. The first kappa shape index (κ1) is 16.9. The van der Waals surface area contributed by atoms with Crippen molar-refractivity contribution in [2.75, 3.05) is 33.2 Å². The van der Waals surface area contributed by atoms with Crippen LogP contribution in [0, 0.1) is 0 Å². The van der Waals surface area contributed by atoms with Crippen LogP contribution in [0.25, 0.3) is 0 Å². The molecule has 1 aliphatic heterocycles. The Morgan fingerprint density at radius 2 is 1.95 bits per heavy atom. The van der Waals surface area contributed by atoms with Crippen molar-refractivity contribution in [3.63, 3.8) is 0 Å². The third-order valence-electron chi connectivity index (χ3n) is 4.67. The van der Waals surface area contributed by atoms with E-state index in [1.807, 2.05) is 0 Å². The van der Waals surface area contributed by atoms with Crippen molar-refractivity contribution in [3.05, 3.63) is 0 Å². The predicted octanol–water partition coefficient (Wildman–Crippen LogP) is 2.57. The Labute approximate surface area is 120 Å². The van der Waals surface area contributed by atoms with Crippen LogP contribution < -0.4 is 5.32 Å². The van der Waals surface area contributed by atoms with E-state index in [1.165, 1.54) is 51.9 Å². The quantitative estimate of drug-likeness (QED) is 0.683. The van der Waals surface area contributed by atoms with E-state index in [1.54, 1.807) is 0 Å². The number of unbranched alkanes of at least 4 members (excludes halogenated alkanes) is 1. The van der Waals surface area contributed by atoms with Crippen molar-refractivity contribution in [3.8, 4) is 0 Å². The highest BCUT2D eigenvalue weighted by Crippen LogP contribution is 2.13. The summed E-state index contributed by atoms with van der Waals surface area (Å²) in [5, 5.41) is 3.67. The molecular weight excluding hydrogens is 234 g/mol. The summed E-state index contributed by atoms with van der Waals surface area (Å²) in [5.74, 6) is 0. The van der Waals surface area contributed by atoms with E-state index in [0.29, 0.717) is 12.1 Å². The van der Waals surface area contributed by atoms with E-state index in [2.05, 4.69) is 49.9 Å². The Kier molecular flexibility index (Phi) is 7.96. The SMILES string of the molecule is CCC1CN(CCCCN(C)C(C)C)C(CC)CN1. The molecule has 1 aliphatic rings. The van der Waals surface area contributed by atoms with Crippen molar-refractivity contribution in [2.45, 2.75) is 71.5 Å². The minimum Gasteiger partial charge on any atom is -0.311 e. The summed E-state index contributed by atoms with van der Waals surface area (Å²) >= 11 is 0. The van der Waals surface area contributed by atoms with E-state index < -0.39 is 0 Å². The molecule has 0 bridgehead atoms. The minimum atomic E-state index is 0.673. The first-order valence-electron chi connectivity index (χ1n) is 8.26. The molecule has 2 atom stereocenters. The lowest BCUT2D eigenvalue weighted by Crippen LogP contribution is -2.56. The van der Waals surface area contributed by atoms with Crippen LogP contribution in [0.2, 0.25) is 0 Å². The normalized spacial score (nSPS) is 25.4. The van der Waals surface area contributed by atoms with E-state index in [-0.39, 0.29) is 0 Å². The van der Waals surface area contributed by atoms with Crippen LogP contribution in [-0.2, 0) is 0 Å². The fraction of sp³-hybridized carbons (Fsp3) is 1.00. The smallest absolute Gasteiger partial charge is 0.0218 e. The van der Waals surface area contributed by atoms with E-state index in [9.17, 15) is 0 Å². The zero-order valence-electron chi connectivity index (χ0n) is 13.8. The summed E-state index contributed by atoms with van der Waals surface area (Å²) in [7, 11) is 2.23. The number of hydrogen-bond acceptors (Lipinski definition) is 3. The van der Waals surface area contributed by atoms with E-state index >= 15 is 0 Å². The van der Waals surface area contributed by atoms with Gasteiger partial charge in [-0.2, -0.15) is 0 Å². The van der Waals surface area contributed by atoms with Gasteiger partial charge in [-0.15, -0.1) is 0 Å². The van der Waals surface area contributed by atoms with Gasteiger partial charge < -0.3 is 10.2 Å². The van der Waals surface area contributed by atoms with Crippen molar-refractivity contribution in [1.82, 2.24) is 15.1 Å². The summed E-state index contributed by atoms with van der Waals surface area (Å²) in [6, 6.07) is 2.14. The molecule has 0 aromatic carbocycles. The van der Waals surface area contributed by atoms with Crippen LogP contribution in [0.15, 0.2) is 0 Å². The largest absolute Gasteiger partial charge is 0.311 e. The molecule has 1 rings (SSSR count). The second-order valence-electron chi connectivity index (χ2n) is 6.35. The maximum atomic E-state index is 3.67. The molecule has 0 aromatic heterocycles. The molecule has 1 heterocycles. The van der Waals surface area contributed by atoms with Gasteiger partial charge in [0.25, 0.3) is 0 Å². The average Bonchev–Trinajstić information content (AvgIpc) is 2.42. The third-order valence-corrected chi connectivity index (χ3v) is 4.67. The Bertz CT molecular complexity index is 230. The van der Waals surface area contributed by atoms with Gasteiger partial charge in [-0.1, -0.05) is 13.8 Å². The topological polar surface area (TPSA) is 18.5 Å². The molecule has 0 aromatic rings. The monoisotopic (exact) mass is 269 g/mol. The van der Waals surface area contributed by atoms with Crippen molar-refractivity contribution in [2.24, 2.45) is 0 Å². The molecule has 1 N–H and O–H groups in total. The molecule has 3 heteroatoms. The van der Waals surface area contributed by atoms with Crippen LogP contribution >= 0.6 is 0 Å². The maximum absolute atomic E-state index is 3.67. The molecule has 1 saturated heterocycles. The predicted molar refractivity (Wildman–Crippen MR) is 84.7 cm³/mol. The van der Waals surface area contributed by atoms with Gasteiger partial charge >= 0.3 is 0 Å². The van der Waals surface area contributed by atoms with Crippen LogP contribution in [-0.4, -0.2) is 61.2 Å². The molecule has 19 heavy (non-hydrogen) atoms. The summed E-state index contributed by atoms with van der Waals surface area (Å²) in [6.07, 6.45) is 5.19. The highest BCUT2D eigenvalue weighted by Gasteiger charge is 2.24. The summed E-state index contributed by atoms with van der Waals surface area (Å²) < 4.78 is 0. The van der Waals surface area contributed by atoms with Crippen LogP contribution in [0.1, 0.15) is 53.4 Å². The van der Waals surface area contributed by atoms with Crippen molar-refractivity contribution >= 4 is 0 Å². The first-order valence-corrected chi connectivity index (χ1v) is 8.26. The molecule has 0 spiro atoms. The highest BCUT2D eigenvalue weighted by molar-refractivity contribution is 4.84. The van der Waals surface area contributed by atoms with Gasteiger partial charge in [0, 0.05) is 31.2 Å². The van der Waals surface area contributed by atoms with E-state index in [4.69, 9.17) is 0 Å². The molecule has 2 unspecified atom stereocenters. The number of hydrogen-bond donors (Lipinski definition) is 1. The van der Waals surface area contributed by atoms with Crippen LogP contribution in [0.5, 0.6) is 0 Å². The lowest BCUT2D eigenvalue weighted by atomic mass is 10.0. The molecule has 0 aliphatic carbocycles. The lowest BCUT2D eigenvalue weighted by Gasteiger charge is -2.40. The van der Waals surface area contributed by atoms with Crippen molar-refractivity contribution in [1.29, 1.82) is 0 Å². The lowest BCUT2D eigenvalue weighted by molar-refractivity contribution is 0.121. The summed E-state index contributed by atoms with van der Waals surface area (Å²) in [4.78, 5) is 5.17. The molecule has 3 nitrogen and oxygen atoms in total. The third kappa shape index (κ3) is 5.80. The fourth-order valence-electron chi connectivity index (χ4n) is 2.81. The molecule has 0 amide bonds. The molecule has 1 fully saturated rings. The highest BCUT2D eigenvalue weighted by atomic mass is 15.2. The summed E-state index contributed by atoms with van der Waals surface area (Å²) in [6.45, 7) is 14.1. The maximum Gasteiger partial charge on any atom is 0.0218 e. The van der Waals surface area contributed by atoms with Gasteiger partial charge in [0.15, 0.2) is 0 Å². The van der Waals surface area contributed by atoms with Gasteiger partial charge in [-0.05, 0) is 59.7 Å². The van der Waals surface area contributed by atoms with Gasteiger partial charge in [0.1, 0.15) is 0 Å². The standard InChI is InChI=1S/C16H35N3/c1-6-15-13-19(16(7-2)12-17-15)11-9-8-10-18(5)14(3)4/h14-17H,6-13H2,1-5H3. The zero-order chi connectivity index (χ0) is 14.3. The van der Waals surface area contributed by atoms with Gasteiger partial charge in [0.05, 0.1) is 0 Å². The zero-order valence-corrected chi connectivity index (χ0v) is 13.8. The van der Waals surface area contributed by atoms with Gasteiger partial charge in [0.2, 0.25) is 0 Å². The number of nitrogens with one attached hydrogen (secondary N) is 1. The second-order valence-corrected chi connectivity index (χ2v) is 6.35. The molecule has 0 saturated carbocycles. The number of piperazine rings is 1. The Hall–Kier alpha value is -0.120. The van der Waals surface area contributed by atoms with Crippen LogP contribution in [0.3, 0.4) is 0 Å². The first-order chi connectivity index (χ1) is 9.08. The molecule has 114 valence electrons. The molecular formula is C16H35N3. The van der Waals surface area contributed by atoms with Crippen molar-refractivity contribution < 1.29 is 0 Å². The number of nitrogens with zero attached hydrogens (tertiary/aromatic N) is 2. The second kappa shape index (κ2) is 8.93. The molecule has 0 radical (unpaired) electrons. The van der Waals surface area contributed by atoms with Gasteiger partial charge in [-0.25, -0.2) is 0 Å². The fourth-order valence-corrected chi connectivity index (χ4v) is 2.81. The Morgan fingerprint density at radius 1 is 1.21 bits per heavy atom. The average molecular weight is 269 g/mol. The van der Waals surface area contributed by atoms with E-state index in [0.717, 1.165) is 6.04 Å². The Balaban J connectivity index is 2.25. The van der Waals surface area contributed by atoms with Gasteiger partial charge in [-0.3, -0.25) is 4.90 Å².